The highest BCUT2D eigenvalue weighted by Crippen LogP contribution is 2.38. The topological polar surface area (TPSA) is 175 Å². The number of aryl methyl sites for hydroxylation is 2. The van der Waals surface area contributed by atoms with Crippen LogP contribution in [0.5, 0.6) is 11.6 Å². The van der Waals surface area contributed by atoms with Gasteiger partial charge in [0, 0.05) is 118 Å². The highest BCUT2D eigenvalue weighted by atomic mass is 16.5. The minimum Gasteiger partial charge on any atom is -0.494 e. The lowest BCUT2D eigenvalue weighted by atomic mass is 9.99. The van der Waals surface area contributed by atoms with E-state index in [1.54, 1.807) is 13.3 Å². The van der Waals surface area contributed by atoms with E-state index in [4.69, 9.17) is 19.4 Å². The summed E-state index contributed by atoms with van der Waals surface area (Å²) in [4.78, 5) is 38.3. The van der Waals surface area contributed by atoms with Gasteiger partial charge in [-0.1, -0.05) is 37.8 Å². The van der Waals surface area contributed by atoms with Crippen LogP contribution in [0.2, 0.25) is 0 Å². The number of pyridine rings is 1. The SMILES string of the molecule is C=CC(=O)Nc1cc(Nc2nccc(-c3cn(C)c4ccccc34)n2)c(OC)cc1N(C)CCN(C)CCOc1ccc(CNc2cc(N3CCCC[C@H]3CCO)nc3c(CC)cnn23)cn1. The van der Waals surface area contributed by atoms with Gasteiger partial charge >= 0.3 is 0 Å². The van der Waals surface area contributed by atoms with Crippen LogP contribution in [0.1, 0.15) is 43.7 Å². The molecule has 1 atom stereocenters. The lowest BCUT2D eigenvalue weighted by molar-refractivity contribution is -0.111. The number of para-hydroxylation sites is 1. The molecule has 1 amide bonds. The lowest BCUT2D eigenvalue weighted by Gasteiger charge is -2.36. The number of fused-ring (bicyclic) bond motifs is 2. The van der Waals surface area contributed by atoms with Crippen LogP contribution >= 0.6 is 0 Å². The molecular formula is C50H61N13O4. The normalized spacial score (nSPS) is 13.8. The molecule has 17 nitrogen and oxygen atoms in total. The number of ether oxygens (including phenoxy) is 2. The molecule has 1 fully saturated rings. The van der Waals surface area contributed by atoms with Gasteiger partial charge in [0.1, 0.15) is 24.0 Å². The Balaban J connectivity index is 0.863. The fraction of sp³-hybridized carbons (Fsp3) is 0.360. The zero-order chi connectivity index (χ0) is 46.9. The molecule has 0 saturated carbocycles. The van der Waals surface area contributed by atoms with E-state index in [0.717, 1.165) is 94.9 Å². The molecule has 0 radical (unpaired) electrons. The van der Waals surface area contributed by atoms with Gasteiger partial charge in [-0.25, -0.2) is 19.9 Å². The third kappa shape index (κ3) is 10.7. The minimum absolute atomic E-state index is 0.164. The Morgan fingerprint density at radius 3 is 2.67 bits per heavy atom. The summed E-state index contributed by atoms with van der Waals surface area (Å²) in [5, 5.41) is 25.4. The smallest absolute Gasteiger partial charge is 0.247 e. The number of aliphatic hydroxyl groups is 1. The van der Waals surface area contributed by atoms with Gasteiger partial charge in [0.05, 0.1) is 36.1 Å². The number of carbonyl (C=O) groups is 1. The number of amides is 1. The van der Waals surface area contributed by atoms with Crippen LogP contribution in [0, 0.1) is 0 Å². The van der Waals surface area contributed by atoms with Gasteiger partial charge in [-0.15, -0.1) is 0 Å². The molecule has 350 valence electrons. The summed E-state index contributed by atoms with van der Waals surface area (Å²) in [6, 6.07) is 20.1. The number of hydrogen-bond acceptors (Lipinski definition) is 14. The molecule has 5 aromatic heterocycles. The molecule has 7 aromatic rings. The standard InChI is InChI=1S/C50H61N13O4/c1-7-35-32-54-63-45(29-46(58-49(35)63)62-21-12-11-13-36(62)19-25-64)52-30-34-16-17-48(53-31-34)67-26-24-59(3)22-23-60(4)43-28-44(66-6)41(27-40(43)55-47(65)8-2)57-50-51-20-18-39(56-50)38-33-61(5)42-15-10-9-14-37(38)42/h8-10,14-18,20,27-29,31-33,36,52,64H,2,7,11-13,19,21-26,30H2,1,3-6H3,(H,55,65)(H,51,56,57)/t36-/m0/s1. The van der Waals surface area contributed by atoms with Crippen LogP contribution in [0.4, 0.5) is 34.6 Å². The maximum absolute atomic E-state index is 12.7. The Bertz CT molecular complexity index is 2810. The number of methoxy groups -OCH3 is 1. The van der Waals surface area contributed by atoms with Gasteiger partial charge in [-0.2, -0.15) is 9.61 Å². The third-order valence-electron chi connectivity index (χ3n) is 12.4. The van der Waals surface area contributed by atoms with Gasteiger partial charge in [0.15, 0.2) is 5.65 Å². The molecule has 4 N–H and O–H groups in total. The van der Waals surface area contributed by atoms with Crippen LogP contribution < -0.4 is 35.2 Å². The van der Waals surface area contributed by atoms with E-state index in [9.17, 15) is 9.90 Å². The second kappa shape index (κ2) is 21.4. The van der Waals surface area contributed by atoms with Crippen LogP contribution in [-0.2, 0) is 24.8 Å². The predicted octanol–water partition coefficient (Wildman–Crippen LogP) is 7.31. The maximum Gasteiger partial charge on any atom is 0.247 e. The molecule has 0 bridgehead atoms. The van der Waals surface area contributed by atoms with Crippen molar-refractivity contribution in [2.45, 2.75) is 51.6 Å². The second-order valence-corrected chi connectivity index (χ2v) is 16.9. The van der Waals surface area contributed by atoms with E-state index >= 15 is 0 Å². The first kappa shape index (κ1) is 46.3. The van der Waals surface area contributed by atoms with Gasteiger partial charge in [0.2, 0.25) is 17.7 Å². The summed E-state index contributed by atoms with van der Waals surface area (Å²) in [7, 11) is 7.65. The monoisotopic (exact) mass is 907 g/mol. The summed E-state index contributed by atoms with van der Waals surface area (Å²) < 4.78 is 15.9. The van der Waals surface area contributed by atoms with Crippen molar-refractivity contribution in [2.24, 2.45) is 7.05 Å². The maximum atomic E-state index is 12.7. The number of rotatable bonds is 21. The summed E-state index contributed by atoms with van der Waals surface area (Å²) in [5.41, 5.74) is 7.77. The lowest BCUT2D eigenvalue weighted by Crippen LogP contribution is -2.40. The zero-order valence-corrected chi connectivity index (χ0v) is 39.1. The number of carbonyl (C=O) groups excluding carboxylic acids is 1. The first-order chi connectivity index (χ1) is 32.7. The second-order valence-electron chi connectivity index (χ2n) is 16.9. The number of aliphatic hydroxyl groups excluding tert-OH is 1. The van der Waals surface area contributed by atoms with E-state index in [1.165, 1.54) is 6.08 Å². The summed E-state index contributed by atoms with van der Waals surface area (Å²) in [6.45, 7) is 9.88. The molecule has 1 aliphatic heterocycles. The van der Waals surface area contributed by atoms with Gasteiger partial charge in [-0.05, 0) is 69.0 Å². The molecule has 8 rings (SSSR count). The van der Waals surface area contributed by atoms with Crippen molar-refractivity contribution in [3.63, 3.8) is 0 Å². The van der Waals surface area contributed by atoms with E-state index in [0.29, 0.717) is 61.7 Å². The van der Waals surface area contributed by atoms with Crippen LogP contribution in [0.15, 0.2) is 98.1 Å². The summed E-state index contributed by atoms with van der Waals surface area (Å²) >= 11 is 0. The molecule has 0 unspecified atom stereocenters. The molecule has 0 spiro atoms. The number of hydrogen-bond donors (Lipinski definition) is 4. The quantitative estimate of drug-likeness (QED) is 0.0528. The number of likely N-dealkylation sites (N-methyl/N-ethyl adjacent to an activating group) is 2. The van der Waals surface area contributed by atoms with Gasteiger partial charge in [-0.3, -0.25) is 4.79 Å². The van der Waals surface area contributed by atoms with Crippen LogP contribution in [0.3, 0.4) is 0 Å². The van der Waals surface area contributed by atoms with Crippen LogP contribution in [-0.4, -0.2) is 117 Å². The number of benzene rings is 2. The Morgan fingerprint density at radius 2 is 1.88 bits per heavy atom. The minimum atomic E-state index is -0.336. The first-order valence-electron chi connectivity index (χ1n) is 22.9. The van der Waals surface area contributed by atoms with Crippen LogP contribution in [0.25, 0.3) is 27.8 Å². The molecule has 0 aliphatic carbocycles. The van der Waals surface area contributed by atoms with E-state index < -0.39 is 0 Å². The predicted molar refractivity (Wildman–Crippen MR) is 266 cm³/mol. The van der Waals surface area contributed by atoms with Crippen molar-refractivity contribution in [3.8, 4) is 22.9 Å². The number of aromatic nitrogens is 7. The fourth-order valence-electron chi connectivity index (χ4n) is 8.59. The van der Waals surface area contributed by atoms with E-state index in [2.05, 4.69) is 88.2 Å². The average Bonchev–Trinajstić information content (AvgIpc) is 3.93. The summed E-state index contributed by atoms with van der Waals surface area (Å²) in [6.07, 6.45) is 13.6. The third-order valence-corrected chi connectivity index (χ3v) is 12.4. The number of anilines is 6. The molecule has 2 aromatic carbocycles. The van der Waals surface area contributed by atoms with E-state index in [-0.39, 0.29) is 18.6 Å². The fourth-order valence-corrected chi connectivity index (χ4v) is 8.59. The van der Waals surface area contributed by atoms with Gasteiger partial charge < -0.3 is 49.8 Å². The average molecular weight is 908 g/mol. The molecule has 1 aliphatic rings. The number of piperidine rings is 1. The zero-order valence-electron chi connectivity index (χ0n) is 39.1. The van der Waals surface area contributed by atoms with E-state index in [1.807, 2.05) is 80.5 Å². The molecular weight excluding hydrogens is 847 g/mol. The molecule has 6 heterocycles. The first-order valence-corrected chi connectivity index (χ1v) is 22.9. The highest BCUT2D eigenvalue weighted by Gasteiger charge is 2.25. The Morgan fingerprint density at radius 1 is 1.01 bits per heavy atom. The van der Waals surface area contributed by atoms with Gasteiger partial charge in [0.25, 0.3) is 0 Å². The summed E-state index contributed by atoms with van der Waals surface area (Å²) in [5.74, 6) is 2.93. The van der Waals surface area contributed by atoms with Crippen molar-refractivity contribution >= 4 is 57.1 Å². The Hall–Kier alpha value is -7.24. The largest absolute Gasteiger partial charge is 0.494 e. The Kier molecular flexibility index (Phi) is 14.8. The molecule has 17 heteroatoms. The molecule has 67 heavy (non-hydrogen) atoms. The Labute approximate surface area is 391 Å². The number of nitrogens with zero attached hydrogens (tertiary/aromatic N) is 10. The van der Waals surface area contributed by atoms with Crippen molar-refractivity contribution in [1.82, 2.24) is 39.0 Å². The van der Waals surface area contributed by atoms with Crippen molar-refractivity contribution in [1.29, 1.82) is 0 Å². The van der Waals surface area contributed by atoms with Crippen molar-refractivity contribution in [2.75, 3.05) is 86.3 Å². The number of nitrogens with one attached hydrogen (secondary N) is 3. The van der Waals surface area contributed by atoms with Crippen molar-refractivity contribution < 1.29 is 19.4 Å². The molecule has 1 saturated heterocycles. The highest BCUT2D eigenvalue weighted by molar-refractivity contribution is 6.02. The van der Waals surface area contributed by atoms with Crippen molar-refractivity contribution in [3.05, 3.63) is 109 Å².